The van der Waals surface area contributed by atoms with Gasteiger partial charge < -0.3 is 9.80 Å². The van der Waals surface area contributed by atoms with Crippen LogP contribution in [-0.2, 0) is 17.8 Å². The van der Waals surface area contributed by atoms with Crippen molar-refractivity contribution in [2.24, 2.45) is 5.92 Å². The van der Waals surface area contributed by atoms with Crippen molar-refractivity contribution in [1.29, 1.82) is 0 Å². The van der Waals surface area contributed by atoms with Crippen molar-refractivity contribution < 1.29 is 14.0 Å². The Bertz CT molecular complexity index is 1340. The second-order valence-electron chi connectivity index (χ2n) is 9.17. The molecule has 170 valence electrons. The molecule has 33 heavy (non-hydrogen) atoms. The molecule has 3 aromatic rings. The molecular formula is C24H24FN5O3. The van der Waals surface area contributed by atoms with E-state index in [1.54, 1.807) is 28.0 Å². The number of fused-ring (bicyclic) bond motifs is 2. The third kappa shape index (κ3) is 3.34. The topological polar surface area (TPSA) is 90.8 Å². The number of nitrogens with one attached hydrogen (secondary N) is 1. The molecule has 4 heterocycles. The molecule has 1 saturated heterocycles. The SMILES string of the molecule is O=C(C1CC1)N1CCc2nc3cc([C@H]4CCCN4C(=O)c4ccccc4F)[nH]n3c(=O)c2C1. The summed E-state index contributed by atoms with van der Waals surface area (Å²) in [5, 5.41) is 3.14. The zero-order chi connectivity index (χ0) is 22.7. The lowest BCUT2D eigenvalue weighted by molar-refractivity contribution is -0.133. The quantitative estimate of drug-likeness (QED) is 0.665. The number of carbonyl (C=O) groups is 2. The molecule has 1 atom stereocenters. The number of aromatic amines is 1. The summed E-state index contributed by atoms with van der Waals surface area (Å²) in [5.74, 6) is -0.655. The van der Waals surface area contributed by atoms with Gasteiger partial charge in [0.05, 0.1) is 35.1 Å². The van der Waals surface area contributed by atoms with Gasteiger partial charge in [0.15, 0.2) is 5.65 Å². The fourth-order valence-corrected chi connectivity index (χ4v) is 5.07. The molecule has 1 N–H and O–H groups in total. The second-order valence-corrected chi connectivity index (χ2v) is 9.17. The van der Waals surface area contributed by atoms with Crippen LogP contribution in [-0.4, -0.2) is 49.3 Å². The van der Waals surface area contributed by atoms with Crippen molar-refractivity contribution >= 4 is 17.5 Å². The van der Waals surface area contributed by atoms with Gasteiger partial charge in [0, 0.05) is 31.5 Å². The van der Waals surface area contributed by atoms with Crippen LogP contribution in [0.1, 0.15) is 59.0 Å². The average Bonchev–Trinajstić information content (AvgIpc) is 3.40. The first-order valence-corrected chi connectivity index (χ1v) is 11.5. The number of H-pyrrole nitrogens is 1. The fraction of sp³-hybridized carbons (Fsp3) is 0.417. The van der Waals surface area contributed by atoms with Crippen LogP contribution in [0.3, 0.4) is 0 Å². The van der Waals surface area contributed by atoms with Gasteiger partial charge in [0.25, 0.3) is 11.5 Å². The minimum atomic E-state index is -0.541. The first-order chi connectivity index (χ1) is 16.0. The number of rotatable bonds is 3. The van der Waals surface area contributed by atoms with Crippen molar-refractivity contribution in [1.82, 2.24) is 24.4 Å². The summed E-state index contributed by atoms with van der Waals surface area (Å²) in [4.78, 5) is 46.9. The summed E-state index contributed by atoms with van der Waals surface area (Å²) in [6.45, 7) is 1.38. The lowest BCUT2D eigenvalue weighted by Crippen LogP contribution is -2.40. The number of nitrogens with zero attached hydrogens (tertiary/aromatic N) is 4. The Hall–Kier alpha value is -3.49. The van der Waals surface area contributed by atoms with Crippen LogP contribution < -0.4 is 5.56 Å². The molecular weight excluding hydrogens is 425 g/mol. The van der Waals surface area contributed by atoms with Crippen LogP contribution in [0, 0.1) is 11.7 Å². The van der Waals surface area contributed by atoms with E-state index in [0.717, 1.165) is 25.0 Å². The van der Waals surface area contributed by atoms with Crippen LogP contribution in [0.25, 0.3) is 5.65 Å². The predicted molar refractivity (Wildman–Crippen MR) is 117 cm³/mol. The van der Waals surface area contributed by atoms with E-state index >= 15 is 0 Å². The first-order valence-electron chi connectivity index (χ1n) is 11.5. The van der Waals surface area contributed by atoms with Crippen LogP contribution >= 0.6 is 0 Å². The maximum atomic E-state index is 14.2. The molecule has 1 saturated carbocycles. The van der Waals surface area contributed by atoms with Gasteiger partial charge in [-0.1, -0.05) is 12.1 Å². The largest absolute Gasteiger partial charge is 0.337 e. The number of amides is 2. The Morgan fingerprint density at radius 1 is 1.12 bits per heavy atom. The van der Waals surface area contributed by atoms with Crippen LogP contribution in [0.5, 0.6) is 0 Å². The molecule has 8 nitrogen and oxygen atoms in total. The van der Waals surface area contributed by atoms with Crippen molar-refractivity contribution in [2.75, 3.05) is 13.1 Å². The highest BCUT2D eigenvalue weighted by molar-refractivity contribution is 5.95. The van der Waals surface area contributed by atoms with Crippen molar-refractivity contribution in [3.05, 3.63) is 69.0 Å². The van der Waals surface area contributed by atoms with Gasteiger partial charge in [-0.2, -0.15) is 0 Å². The number of aromatic nitrogens is 3. The summed E-state index contributed by atoms with van der Waals surface area (Å²) < 4.78 is 15.6. The van der Waals surface area contributed by atoms with E-state index in [2.05, 4.69) is 5.10 Å². The lowest BCUT2D eigenvalue weighted by atomic mass is 10.1. The van der Waals surface area contributed by atoms with E-state index in [1.165, 1.54) is 16.6 Å². The van der Waals surface area contributed by atoms with Crippen molar-refractivity contribution in [3.63, 3.8) is 0 Å². The first kappa shape index (κ1) is 20.1. The zero-order valence-electron chi connectivity index (χ0n) is 18.1. The minimum absolute atomic E-state index is 0.0479. The van der Waals surface area contributed by atoms with E-state index in [-0.39, 0.29) is 41.4 Å². The molecule has 1 aromatic carbocycles. The van der Waals surface area contributed by atoms with Crippen LogP contribution in [0.4, 0.5) is 4.39 Å². The number of halogens is 1. The van der Waals surface area contributed by atoms with Gasteiger partial charge in [-0.15, -0.1) is 0 Å². The lowest BCUT2D eigenvalue weighted by Gasteiger charge is -2.27. The van der Waals surface area contributed by atoms with Gasteiger partial charge in [-0.05, 0) is 37.8 Å². The van der Waals surface area contributed by atoms with Crippen molar-refractivity contribution in [3.8, 4) is 0 Å². The molecule has 2 aliphatic heterocycles. The van der Waals surface area contributed by atoms with E-state index < -0.39 is 5.82 Å². The summed E-state index contributed by atoms with van der Waals surface area (Å²) in [6, 6.07) is 7.50. The molecule has 2 aromatic heterocycles. The average molecular weight is 449 g/mol. The monoisotopic (exact) mass is 449 g/mol. The molecule has 2 amide bonds. The van der Waals surface area contributed by atoms with Crippen LogP contribution in [0.2, 0.25) is 0 Å². The molecule has 0 radical (unpaired) electrons. The molecule has 6 rings (SSSR count). The van der Waals surface area contributed by atoms with Crippen molar-refractivity contribution in [2.45, 2.75) is 44.7 Å². The molecule has 2 fully saturated rings. The molecule has 3 aliphatic rings. The second kappa shape index (κ2) is 7.54. The van der Waals surface area contributed by atoms with Crippen LogP contribution in [0.15, 0.2) is 35.1 Å². The van der Waals surface area contributed by atoms with Gasteiger partial charge in [-0.3, -0.25) is 19.5 Å². The molecule has 1 aliphatic carbocycles. The normalized spacial score (nSPS) is 20.3. The zero-order valence-corrected chi connectivity index (χ0v) is 18.1. The summed E-state index contributed by atoms with van der Waals surface area (Å²) in [6.07, 6.45) is 3.92. The van der Waals surface area contributed by atoms with E-state index in [0.29, 0.717) is 42.8 Å². The Morgan fingerprint density at radius 3 is 2.73 bits per heavy atom. The summed E-state index contributed by atoms with van der Waals surface area (Å²) in [7, 11) is 0. The predicted octanol–water partition coefficient (Wildman–Crippen LogP) is 2.43. The maximum absolute atomic E-state index is 14.2. The highest BCUT2D eigenvalue weighted by Crippen LogP contribution is 2.34. The maximum Gasteiger partial charge on any atom is 0.277 e. The Kier molecular flexibility index (Phi) is 4.60. The Labute approximate surface area is 189 Å². The molecule has 0 spiro atoms. The number of benzene rings is 1. The number of carbonyl (C=O) groups excluding carboxylic acids is 2. The van der Waals surface area contributed by atoms with Gasteiger partial charge in [0.1, 0.15) is 5.82 Å². The third-order valence-corrected chi connectivity index (χ3v) is 7.00. The number of hydrogen-bond donors (Lipinski definition) is 1. The number of hydrogen-bond acceptors (Lipinski definition) is 4. The summed E-state index contributed by atoms with van der Waals surface area (Å²) >= 11 is 0. The van der Waals surface area contributed by atoms with Gasteiger partial charge >= 0.3 is 0 Å². The van der Waals surface area contributed by atoms with E-state index in [4.69, 9.17) is 4.98 Å². The minimum Gasteiger partial charge on any atom is -0.337 e. The highest BCUT2D eigenvalue weighted by atomic mass is 19.1. The van der Waals surface area contributed by atoms with Gasteiger partial charge in [0.2, 0.25) is 5.91 Å². The van der Waals surface area contributed by atoms with E-state index in [1.807, 2.05) is 0 Å². The Morgan fingerprint density at radius 2 is 1.94 bits per heavy atom. The molecule has 9 heteroatoms. The number of likely N-dealkylation sites (tertiary alicyclic amines) is 1. The van der Waals surface area contributed by atoms with E-state index in [9.17, 15) is 18.8 Å². The van der Waals surface area contributed by atoms with Gasteiger partial charge in [-0.25, -0.2) is 13.9 Å². The smallest absolute Gasteiger partial charge is 0.277 e. The molecule has 0 bridgehead atoms. The highest BCUT2D eigenvalue weighted by Gasteiger charge is 2.36. The Balaban J connectivity index is 1.33. The third-order valence-electron chi connectivity index (χ3n) is 7.00. The summed E-state index contributed by atoms with van der Waals surface area (Å²) in [5.41, 5.74) is 2.32. The fourth-order valence-electron chi connectivity index (χ4n) is 5.07. The molecule has 0 unspecified atom stereocenters. The standard InChI is InChI=1S/C24H24FN5O3/c25-17-5-2-1-4-15(17)23(32)29-10-3-6-20(29)19-12-21-26-18-9-11-28(22(31)14-7-8-14)13-16(18)24(33)30(21)27-19/h1-2,4-5,12,14,20,27H,3,6-11,13H2/t20-/m1/s1.